The van der Waals surface area contributed by atoms with Gasteiger partial charge in [-0.2, -0.15) is 0 Å². The van der Waals surface area contributed by atoms with E-state index >= 15 is 4.39 Å². The van der Waals surface area contributed by atoms with Gasteiger partial charge in [-0.25, -0.2) is 36.2 Å². The van der Waals surface area contributed by atoms with E-state index in [9.17, 15) is 60.7 Å². The molecule has 1 fully saturated rings. The van der Waals surface area contributed by atoms with Crippen LogP contribution in [0.3, 0.4) is 0 Å². The molecule has 1 aromatic heterocycles. The van der Waals surface area contributed by atoms with Crippen LogP contribution >= 0.6 is 0 Å². The molecular formula is C58H73F3N10O12S. The minimum atomic E-state index is -3.45. The Morgan fingerprint density at radius 2 is 1.54 bits per heavy atom. The van der Waals surface area contributed by atoms with E-state index in [0.29, 0.717) is 24.8 Å². The standard InChI is InChI=1S/C58H73F3N10O12S/c1-36(2)51(68-48(73)14-8-5-9-27-70-49(74)21-22-50(70)75)55(77)67-46(13-10-26-63-57(62)79)54(76)64-42-18-15-39(16-19-42)35-83-58(80)65-43(32-59)23-28-71(56(78)37(3)72)52(40-24-29-84(81,82)30-25-40)53-66-47(44-31-41(60)17-20-45(44)61)34-69(53)33-38-11-6-4-7-12-38/h4,6-7,11-12,15-22,31,34,36-37,40,43,46,51-52,72H,5,8-10,13-14,23-30,32-33,35H2,1-3H3,(H,64,76)(H,65,80)(H,67,77)(H,68,73)(H3,62,63,79)/t37-,43-,46-,51?,52+/m0/s1. The fourth-order valence-corrected chi connectivity index (χ4v) is 11.3. The summed E-state index contributed by atoms with van der Waals surface area (Å²) in [5, 5.41) is 23.9. The van der Waals surface area contributed by atoms with Gasteiger partial charge in [0.05, 0.1) is 29.3 Å². The van der Waals surface area contributed by atoms with Gasteiger partial charge in [-0.05, 0) is 105 Å². The molecule has 3 aromatic carbocycles. The van der Waals surface area contributed by atoms with Crippen molar-refractivity contribution in [2.45, 2.75) is 122 Å². The summed E-state index contributed by atoms with van der Waals surface area (Å²) in [6.45, 7) is 3.41. The van der Waals surface area contributed by atoms with E-state index in [2.05, 4.69) is 26.6 Å². The predicted octanol–water partition coefficient (Wildman–Crippen LogP) is 5.10. The third kappa shape index (κ3) is 19.2. The number of ether oxygens (including phenoxy) is 1. The van der Waals surface area contributed by atoms with Crippen molar-refractivity contribution in [2.24, 2.45) is 17.6 Å². The Bertz CT molecular complexity index is 3080. The van der Waals surface area contributed by atoms with E-state index in [1.54, 1.807) is 42.7 Å². The van der Waals surface area contributed by atoms with E-state index in [-0.39, 0.29) is 117 Å². The minimum Gasteiger partial charge on any atom is -0.445 e. The molecule has 0 spiro atoms. The highest BCUT2D eigenvalue weighted by Crippen LogP contribution is 2.39. The number of nitrogens with two attached hydrogens (primary N) is 1. The minimum absolute atomic E-state index is 0.0221. The molecule has 2 aliphatic rings. The lowest BCUT2D eigenvalue weighted by Gasteiger charge is -2.39. The molecule has 0 bridgehead atoms. The van der Waals surface area contributed by atoms with Gasteiger partial charge in [-0.15, -0.1) is 0 Å². The number of nitrogens with zero attached hydrogens (tertiary/aromatic N) is 4. The first-order valence-electron chi connectivity index (χ1n) is 27.8. The van der Waals surface area contributed by atoms with Gasteiger partial charge in [-0.1, -0.05) is 62.7 Å². The average Bonchev–Trinajstić information content (AvgIpc) is 2.30. The van der Waals surface area contributed by atoms with Crippen LogP contribution in [0.4, 0.5) is 28.4 Å². The Labute approximate surface area is 485 Å². The summed E-state index contributed by atoms with van der Waals surface area (Å²) in [5.74, 6) is -6.02. The molecule has 26 heteroatoms. The highest BCUT2D eigenvalue weighted by Gasteiger charge is 2.40. The van der Waals surface area contributed by atoms with Gasteiger partial charge in [0.25, 0.3) is 17.7 Å². The van der Waals surface area contributed by atoms with Gasteiger partial charge in [0.1, 0.15) is 58.8 Å². The number of halogens is 3. The van der Waals surface area contributed by atoms with Gasteiger partial charge < -0.3 is 51.6 Å². The largest absolute Gasteiger partial charge is 0.445 e. The number of imide groups is 1. The van der Waals surface area contributed by atoms with Gasteiger partial charge in [0, 0.05) is 62.2 Å². The SMILES string of the molecule is CC(C)C(NC(=O)CCCCCN1C(=O)C=CC1=O)C(=O)N[C@@H](CCCNC(N)=O)C(=O)Nc1ccc(COC(=O)N[C@H](CF)CCN(C(=O)[C@H](C)O)[C@@H](c2nc(-c3cc(F)ccc3F)cn2Cc2ccccc2)C2CCS(=O)(=O)CC2)cc1. The van der Waals surface area contributed by atoms with Crippen molar-refractivity contribution in [2.75, 3.05) is 43.1 Å². The summed E-state index contributed by atoms with van der Waals surface area (Å²) in [4.78, 5) is 110. The number of alkyl halides is 1. The zero-order valence-corrected chi connectivity index (χ0v) is 47.9. The number of benzene rings is 3. The van der Waals surface area contributed by atoms with Crippen molar-refractivity contribution >= 4 is 63.1 Å². The number of amides is 9. The molecule has 2 aliphatic heterocycles. The van der Waals surface area contributed by atoms with Crippen molar-refractivity contribution in [3.05, 3.63) is 120 Å². The third-order valence-corrected chi connectivity index (χ3v) is 16.1. The predicted molar refractivity (Wildman–Crippen MR) is 303 cm³/mol. The summed E-state index contributed by atoms with van der Waals surface area (Å²) in [5.41, 5.74) is 6.56. The maximum absolute atomic E-state index is 15.3. The number of aliphatic hydroxyl groups excluding tert-OH is 1. The molecule has 84 heavy (non-hydrogen) atoms. The Morgan fingerprint density at radius 3 is 2.18 bits per heavy atom. The number of aromatic nitrogens is 2. The molecule has 454 valence electrons. The number of anilines is 1. The van der Waals surface area contributed by atoms with E-state index in [1.807, 2.05) is 18.2 Å². The van der Waals surface area contributed by atoms with Gasteiger partial charge >= 0.3 is 12.1 Å². The van der Waals surface area contributed by atoms with Crippen LogP contribution in [0, 0.1) is 23.5 Å². The lowest BCUT2D eigenvalue weighted by Crippen LogP contribution is -2.54. The normalized spacial score (nSPS) is 15.8. The molecule has 22 nitrogen and oxygen atoms in total. The van der Waals surface area contributed by atoms with Gasteiger partial charge in [0.2, 0.25) is 17.7 Å². The zero-order valence-electron chi connectivity index (χ0n) is 47.1. The topological polar surface area (TPSA) is 311 Å². The Balaban J connectivity index is 1.09. The lowest BCUT2D eigenvalue weighted by atomic mass is 9.90. The van der Waals surface area contributed by atoms with Crippen LogP contribution in [0.2, 0.25) is 0 Å². The van der Waals surface area contributed by atoms with Gasteiger partial charge in [-0.3, -0.25) is 33.7 Å². The van der Waals surface area contributed by atoms with Gasteiger partial charge in [0.15, 0.2) is 0 Å². The van der Waals surface area contributed by atoms with E-state index in [4.69, 9.17) is 15.5 Å². The molecule has 0 aliphatic carbocycles. The number of sulfone groups is 1. The molecule has 3 heterocycles. The second kappa shape index (κ2) is 31.0. The second-order valence-corrected chi connectivity index (χ2v) is 23.5. The third-order valence-electron chi connectivity index (χ3n) is 14.4. The summed E-state index contributed by atoms with van der Waals surface area (Å²) in [6.07, 6.45) is 2.99. The zero-order chi connectivity index (χ0) is 61.1. The molecule has 5 atom stereocenters. The van der Waals surface area contributed by atoms with Crippen LogP contribution in [-0.4, -0.2) is 142 Å². The first kappa shape index (κ1) is 65.0. The number of primary amides is 1. The molecule has 0 radical (unpaired) electrons. The lowest BCUT2D eigenvalue weighted by molar-refractivity contribution is -0.144. The van der Waals surface area contributed by atoms with Crippen molar-refractivity contribution in [3.8, 4) is 11.3 Å². The molecule has 8 N–H and O–H groups in total. The number of imidazole rings is 1. The molecule has 0 saturated carbocycles. The van der Waals surface area contributed by atoms with E-state index in [0.717, 1.165) is 28.7 Å². The number of unbranched alkanes of at least 4 members (excludes halogenated alkanes) is 2. The average molecular weight is 1190 g/mol. The van der Waals surface area contributed by atoms with Crippen molar-refractivity contribution in [3.63, 3.8) is 0 Å². The quantitative estimate of drug-likeness (QED) is 0.0264. The van der Waals surface area contributed by atoms with E-state index in [1.165, 1.54) is 42.3 Å². The van der Waals surface area contributed by atoms with Crippen LogP contribution in [-0.2, 0) is 56.5 Å². The summed E-state index contributed by atoms with van der Waals surface area (Å²) < 4.78 is 77.4. The van der Waals surface area contributed by atoms with Crippen molar-refractivity contribution in [1.82, 2.24) is 40.6 Å². The molecule has 1 unspecified atom stereocenters. The maximum Gasteiger partial charge on any atom is 0.407 e. The number of urea groups is 1. The number of hydrogen-bond acceptors (Lipinski definition) is 13. The molecular weight excluding hydrogens is 1120 g/mol. The first-order valence-corrected chi connectivity index (χ1v) is 29.7. The number of nitrogens with one attached hydrogen (secondary N) is 5. The summed E-state index contributed by atoms with van der Waals surface area (Å²) >= 11 is 0. The Morgan fingerprint density at radius 1 is 0.845 bits per heavy atom. The smallest absolute Gasteiger partial charge is 0.407 e. The fraction of sp³-hybridized carbons (Fsp3) is 0.466. The molecule has 6 rings (SSSR count). The number of hydrogen-bond donors (Lipinski definition) is 7. The summed E-state index contributed by atoms with van der Waals surface area (Å²) in [6, 6.07) is 12.8. The highest BCUT2D eigenvalue weighted by atomic mass is 32.2. The maximum atomic E-state index is 15.3. The second-order valence-electron chi connectivity index (χ2n) is 21.2. The summed E-state index contributed by atoms with van der Waals surface area (Å²) in [7, 11) is -3.45. The number of rotatable bonds is 30. The monoisotopic (exact) mass is 1190 g/mol. The Hall–Kier alpha value is -8.13. The fourth-order valence-electron chi connectivity index (χ4n) is 9.82. The van der Waals surface area contributed by atoms with Crippen LogP contribution < -0.4 is 32.3 Å². The van der Waals surface area contributed by atoms with Crippen LogP contribution in [0.15, 0.2) is 91.1 Å². The van der Waals surface area contributed by atoms with Crippen LogP contribution in [0.5, 0.6) is 0 Å². The van der Waals surface area contributed by atoms with Crippen molar-refractivity contribution in [1.29, 1.82) is 0 Å². The van der Waals surface area contributed by atoms with Crippen LogP contribution in [0.25, 0.3) is 11.3 Å². The van der Waals surface area contributed by atoms with Crippen molar-refractivity contribution < 1.29 is 69.8 Å². The van der Waals surface area contributed by atoms with Crippen LogP contribution in [0.1, 0.15) is 102 Å². The number of aliphatic hydroxyl groups is 1. The van der Waals surface area contributed by atoms with E-state index < -0.39 is 106 Å². The number of carbonyl (C=O) groups excluding carboxylic acids is 8. The highest BCUT2D eigenvalue weighted by molar-refractivity contribution is 7.91. The number of carbonyl (C=O) groups is 8. The molecule has 9 amide bonds. The first-order chi connectivity index (χ1) is 40.0. The Kier molecular flexibility index (Phi) is 24.0. The molecule has 4 aromatic rings. The molecule has 1 saturated heterocycles. The number of alkyl carbamates (subject to hydrolysis) is 1.